The topological polar surface area (TPSA) is 72.0 Å². The normalized spacial score (nSPS) is 12.4. The van der Waals surface area contributed by atoms with E-state index in [1.54, 1.807) is 25.3 Å². The third-order valence-electron chi connectivity index (χ3n) is 4.15. The molecular formula is C21H23N3O2. The zero-order valence-corrected chi connectivity index (χ0v) is 15.5. The molecule has 26 heavy (non-hydrogen) atoms. The molecule has 5 heteroatoms. The lowest BCUT2D eigenvalue weighted by Gasteiger charge is -2.15. The Morgan fingerprint density at radius 3 is 2.38 bits per heavy atom. The van der Waals surface area contributed by atoms with Gasteiger partial charge < -0.3 is 5.32 Å². The fraction of sp³-hybridized carbons (Fsp3) is 0.238. The highest BCUT2D eigenvalue weighted by molar-refractivity contribution is 5.93. The molecule has 0 saturated carbocycles. The van der Waals surface area contributed by atoms with Crippen LogP contribution in [-0.2, 0) is 4.79 Å². The first-order chi connectivity index (χ1) is 12.5. The Hall–Kier alpha value is -3.08. The first-order valence-corrected chi connectivity index (χ1v) is 8.53. The van der Waals surface area contributed by atoms with Crippen LogP contribution in [0.4, 0.5) is 0 Å². The monoisotopic (exact) mass is 349 g/mol. The van der Waals surface area contributed by atoms with Crippen molar-refractivity contribution in [3.8, 4) is 11.4 Å². The van der Waals surface area contributed by atoms with Crippen molar-refractivity contribution in [1.29, 1.82) is 0 Å². The molecule has 134 valence electrons. The summed E-state index contributed by atoms with van der Waals surface area (Å²) in [6.07, 6.45) is 5.14. The van der Waals surface area contributed by atoms with Gasteiger partial charge in [0.05, 0.1) is 11.4 Å². The molecule has 0 spiro atoms. The van der Waals surface area contributed by atoms with Crippen LogP contribution in [0.5, 0.6) is 0 Å². The van der Waals surface area contributed by atoms with Gasteiger partial charge in [0.1, 0.15) is 6.29 Å². The summed E-state index contributed by atoms with van der Waals surface area (Å²) in [6, 6.07) is 8.94. The minimum Gasteiger partial charge on any atom is -0.357 e. The maximum absolute atomic E-state index is 11.7. The van der Waals surface area contributed by atoms with E-state index in [2.05, 4.69) is 15.3 Å². The van der Waals surface area contributed by atoms with Crippen LogP contribution in [0.1, 0.15) is 50.2 Å². The Morgan fingerprint density at radius 1 is 1.15 bits per heavy atom. The van der Waals surface area contributed by atoms with Gasteiger partial charge in [-0.25, -0.2) is 9.97 Å². The first-order valence-electron chi connectivity index (χ1n) is 8.53. The number of rotatable bonds is 7. The fourth-order valence-corrected chi connectivity index (χ4v) is 2.46. The Kier molecular flexibility index (Phi) is 6.55. The average molecular weight is 349 g/mol. The van der Waals surface area contributed by atoms with Gasteiger partial charge in [-0.05, 0) is 33.3 Å². The molecule has 0 amide bonds. The summed E-state index contributed by atoms with van der Waals surface area (Å²) in [6.45, 7) is 7.30. The number of Topliss-reactive ketones (excluding diaryl/α,β-unsaturated/α-hetero) is 1. The minimum absolute atomic E-state index is 0.0449. The van der Waals surface area contributed by atoms with Gasteiger partial charge in [0.15, 0.2) is 11.6 Å². The molecule has 5 nitrogen and oxygen atoms in total. The fourth-order valence-electron chi connectivity index (χ4n) is 2.46. The largest absolute Gasteiger partial charge is 0.357 e. The highest BCUT2D eigenvalue weighted by Gasteiger charge is 2.10. The van der Waals surface area contributed by atoms with Gasteiger partial charge in [-0.15, -0.1) is 0 Å². The number of allylic oxidation sites excluding steroid dienone is 3. The lowest BCUT2D eigenvalue weighted by atomic mass is 10.1. The van der Waals surface area contributed by atoms with E-state index in [0.717, 1.165) is 28.9 Å². The molecule has 0 unspecified atom stereocenters. The molecule has 0 radical (unpaired) electrons. The van der Waals surface area contributed by atoms with E-state index in [1.807, 2.05) is 45.0 Å². The number of aromatic nitrogens is 2. The van der Waals surface area contributed by atoms with Crippen LogP contribution in [0.25, 0.3) is 17.1 Å². The van der Waals surface area contributed by atoms with Crippen LogP contribution in [0.3, 0.4) is 0 Å². The molecule has 0 atom stereocenters. The summed E-state index contributed by atoms with van der Waals surface area (Å²) < 4.78 is 0. The second-order valence-corrected chi connectivity index (χ2v) is 5.85. The van der Waals surface area contributed by atoms with Crippen molar-refractivity contribution < 1.29 is 9.59 Å². The average Bonchev–Trinajstić information content (AvgIpc) is 2.68. The molecular weight excluding hydrogens is 326 g/mol. The number of ketones is 1. The first kappa shape index (κ1) is 19.2. The van der Waals surface area contributed by atoms with E-state index in [1.165, 1.54) is 0 Å². The molecule has 1 aromatic carbocycles. The minimum atomic E-state index is 0.0449. The van der Waals surface area contributed by atoms with Crippen molar-refractivity contribution in [3.63, 3.8) is 0 Å². The summed E-state index contributed by atoms with van der Waals surface area (Å²) in [7, 11) is 0. The number of hydrogen-bond donors (Lipinski definition) is 1. The Bertz CT molecular complexity index is 865. The number of aldehydes is 1. The Labute approximate surface area is 153 Å². The van der Waals surface area contributed by atoms with Crippen molar-refractivity contribution in [2.24, 2.45) is 0 Å². The second-order valence-electron chi connectivity index (χ2n) is 5.85. The van der Waals surface area contributed by atoms with Gasteiger partial charge in [0, 0.05) is 28.6 Å². The number of nitrogens with zero attached hydrogens (tertiary/aromatic N) is 2. The molecule has 0 aliphatic rings. The highest BCUT2D eigenvalue weighted by atomic mass is 16.1. The van der Waals surface area contributed by atoms with Gasteiger partial charge >= 0.3 is 0 Å². The van der Waals surface area contributed by atoms with Crippen molar-refractivity contribution in [2.45, 2.75) is 34.1 Å². The molecule has 1 aromatic heterocycles. The lowest BCUT2D eigenvalue weighted by molar-refractivity contribution is -0.113. The summed E-state index contributed by atoms with van der Waals surface area (Å²) >= 11 is 0. The van der Waals surface area contributed by atoms with E-state index >= 15 is 0 Å². The van der Waals surface area contributed by atoms with Crippen LogP contribution in [0, 0.1) is 0 Å². The SMILES string of the molecule is C/C=C(\N/C(CC)=C(\C)C(C)=O)c1ccnc(-c2ccc(C=O)cc2)n1. The zero-order chi connectivity index (χ0) is 19.1. The van der Waals surface area contributed by atoms with E-state index in [4.69, 9.17) is 0 Å². The van der Waals surface area contributed by atoms with Crippen LogP contribution < -0.4 is 5.32 Å². The van der Waals surface area contributed by atoms with E-state index in [-0.39, 0.29) is 5.78 Å². The summed E-state index contributed by atoms with van der Waals surface area (Å²) in [4.78, 5) is 31.4. The van der Waals surface area contributed by atoms with E-state index in [0.29, 0.717) is 23.4 Å². The lowest BCUT2D eigenvalue weighted by Crippen LogP contribution is -2.16. The van der Waals surface area contributed by atoms with Gasteiger partial charge in [0.2, 0.25) is 0 Å². The Balaban J connectivity index is 2.36. The van der Waals surface area contributed by atoms with Gasteiger partial charge in [-0.3, -0.25) is 9.59 Å². The molecule has 0 saturated heterocycles. The van der Waals surface area contributed by atoms with E-state index in [9.17, 15) is 9.59 Å². The Morgan fingerprint density at radius 2 is 1.85 bits per heavy atom. The number of benzene rings is 1. The number of hydrogen-bond acceptors (Lipinski definition) is 5. The molecule has 2 aromatic rings. The number of carbonyl (C=O) groups excluding carboxylic acids is 2. The molecule has 1 N–H and O–H groups in total. The van der Waals surface area contributed by atoms with Gasteiger partial charge in [-0.1, -0.05) is 37.3 Å². The van der Waals surface area contributed by atoms with Gasteiger partial charge in [-0.2, -0.15) is 0 Å². The van der Waals surface area contributed by atoms with Crippen molar-refractivity contribution >= 4 is 17.8 Å². The van der Waals surface area contributed by atoms with Gasteiger partial charge in [0.25, 0.3) is 0 Å². The second kappa shape index (κ2) is 8.85. The quantitative estimate of drug-likeness (QED) is 0.600. The zero-order valence-electron chi connectivity index (χ0n) is 15.5. The summed E-state index contributed by atoms with van der Waals surface area (Å²) in [5.74, 6) is 0.620. The third-order valence-corrected chi connectivity index (χ3v) is 4.15. The molecule has 0 bridgehead atoms. The predicted molar refractivity (Wildman–Crippen MR) is 103 cm³/mol. The summed E-state index contributed by atoms with van der Waals surface area (Å²) in [5.41, 5.74) is 4.58. The standard InChI is InChI=1S/C21H23N3O2/c1-5-18(14(3)15(4)26)23-19(6-2)20-11-12-22-21(24-20)17-9-7-16(13-25)8-10-17/h6-13,23H,5H2,1-4H3/b18-14+,19-6-. The highest BCUT2D eigenvalue weighted by Crippen LogP contribution is 2.19. The van der Waals surface area contributed by atoms with Crippen LogP contribution in [-0.4, -0.2) is 22.0 Å². The predicted octanol–water partition coefficient (Wildman–Crippen LogP) is 4.18. The van der Waals surface area contributed by atoms with Crippen molar-refractivity contribution in [2.75, 3.05) is 0 Å². The molecule has 0 aliphatic heterocycles. The van der Waals surface area contributed by atoms with Crippen LogP contribution >= 0.6 is 0 Å². The molecule has 0 aliphatic carbocycles. The van der Waals surface area contributed by atoms with Crippen molar-refractivity contribution in [1.82, 2.24) is 15.3 Å². The third kappa shape index (κ3) is 4.51. The van der Waals surface area contributed by atoms with Crippen LogP contribution in [0.15, 0.2) is 53.9 Å². The smallest absolute Gasteiger partial charge is 0.159 e. The van der Waals surface area contributed by atoms with Crippen LogP contribution in [0.2, 0.25) is 0 Å². The van der Waals surface area contributed by atoms with Crippen molar-refractivity contribution in [3.05, 3.63) is 65.1 Å². The number of carbonyl (C=O) groups is 2. The number of nitrogens with one attached hydrogen (secondary N) is 1. The van der Waals surface area contributed by atoms with E-state index < -0.39 is 0 Å². The maximum atomic E-state index is 11.7. The molecule has 2 rings (SSSR count). The maximum Gasteiger partial charge on any atom is 0.159 e. The molecule has 1 heterocycles. The molecule has 0 fully saturated rings. The summed E-state index contributed by atoms with van der Waals surface area (Å²) in [5, 5.41) is 3.33.